The molecule has 1 amide bonds. The van der Waals surface area contributed by atoms with E-state index in [0.29, 0.717) is 0 Å². The summed E-state index contributed by atoms with van der Waals surface area (Å²) in [7, 11) is -3.84. The van der Waals surface area contributed by atoms with Gasteiger partial charge in [-0.2, -0.15) is 0 Å². The van der Waals surface area contributed by atoms with Gasteiger partial charge in [0.05, 0.1) is 31.8 Å². The van der Waals surface area contributed by atoms with E-state index in [4.69, 9.17) is 18.3 Å². The van der Waals surface area contributed by atoms with Crippen LogP contribution in [0.5, 0.6) is 0 Å². The van der Waals surface area contributed by atoms with Crippen LogP contribution in [0.3, 0.4) is 0 Å². The second-order valence-electron chi connectivity index (χ2n) is 7.27. The molecule has 0 aliphatic heterocycles. The molecule has 0 aromatic heterocycles. The number of rotatable bonds is 13. The molecule has 0 radical (unpaired) electrons. The number of aliphatic hydroxyl groups is 1. The summed E-state index contributed by atoms with van der Waals surface area (Å²) in [6, 6.07) is 0. The molecular formula is C17H34NO8P. The largest absolute Gasteiger partial charge is 0.475 e. The summed E-state index contributed by atoms with van der Waals surface area (Å²) in [5.74, 6) is -1.11. The van der Waals surface area contributed by atoms with Crippen LogP contribution in [0, 0.1) is 5.41 Å². The van der Waals surface area contributed by atoms with Gasteiger partial charge in [-0.25, -0.2) is 4.57 Å². The average Bonchev–Trinajstić information content (AvgIpc) is 2.51. The first kappa shape index (κ1) is 26.0. The highest BCUT2D eigenvalue weighted by molar-refractivity contribution is 7.48. The van der Waals surface area contributed by atoms with Gasteiger partial charge in [0.1, 0.15) is 6.10 Å². The lowest BCUT2D eigenvalue weighted by Crippen LogP contribution is -2.46. The maximum Gasteiger partial charge on any atom is 0.475 e. The maximum atomic E-state index is 12.7. The van der Waals surface area contributed by atoms with Crippen LogP contribution in [-0.4, -0.2) is 55.1 Å². The Hall–Kier alpha value is -0.990. The Bertz CT molecular complexity index is 507. The zero-order valence-corrected chi connectivity index (χ0v) is 18.2. The van der Waals surface area contributed by atoms with Crippen LogP contribution in [0.4, 0.5) is 0 Å². The fourth-order valence-corrected chi connectivity index (χ4v) is 3.59. The van der Waals surface area contributed by atoms with Crippen molar-refractivity contribution in [3.8, 4) is 0 Å². The summed E-state index contributed by atoms with van der Waals surface area (Å²) in [5, 5.41) is 12.8. The zero-order chi connectivity index (χ0) is 21.3. The summed E-state index contributed by atoms with van der Waals surface area (Å²) in [6.45, 7) is 11.7. The van der Waals surface area contributed by atoms with Gasteiger partial charge in [0.25, 0.3) is 0 Å². The fraction of sp³-hybridized carbons (Fsp3) is 0.882. The number of aliphatic hydroxyl groups excluding tert-OH is 1. The highest BCUT2D eigenvalue weighted by Crippen LogP contribution is 2.52. The minimum atomic E-state index is -3.84. The third-order valence-corrected chi connectivity index (χ3v) is 5.00. The van der Waals surface area contributed by atoms with E-state index in [1.165, 1.54) is 0 Å². The van der Waals surface area contributed by atoms with Gasteiger partial charge in [-0.05, 0) is 34.6 Å². The highest BCUT2D eigenvalue weighted by atomic mass is 31.2. The number of phosphoric ester groups is 1. The van der Waals surface area contributed by atoms with Crippen molar-refractivity contribution < 1.29 is 37.6 Å². The second-order valence-corrected chi connectivity index (χ2v) is 8.84. The van der Waals surface area contributed by atoms with Gasteiger partial charge in [-0.15, -0.1) is 0 Å². The van der Waals surface area contributed by atoms with E-state index in [1.54, 1.807) is 48.5 Å². The lowest BCUT2D eigenvalue weighted by Gasteiger charge is -2.31. The molecule has 27 heavy (non-hydrogen) atoms. The number of hydrogen-bond acceptors (Lipinski definition) is 8. The first-order valence-electron chi connectivity index (χ1n) is 9.05. The Labute approximate surface area is 161 Å². The summed E-state index contributed by atoms with van der Waals surface area (Å²) < 4.78 is 33.4. The number of carbonyl (C=O) groups is 2. The Morgan fingerprint density at radius 3 is 2.07 bits per heavy atom. The van der Waals surface area contributed by atoms with Crippen LogP contribution in [-0.2, 0) is 32.5 Å². The molecule has 0 unspecified atom stereocenters. The van der Waals surface area contributed by atoms with Crippen molar-refractivity contribution in [3.05, 3.63) is 0 Å². The number of amides is 1. The number of nitrogens with one attached hydrogen (secondary N) is 1. The third kappa shape index (κ3) is 10.8. The topological polar surface area (TPSA) is 120 Å². The smallest absolute Gasteiger partial charge is 0.466 e. The molecule has 0 spiro atoms. The van der Waals surface area contributed by atoms with E-state index in [1.807, 2.05) is 0 Å². The Morgan fingerprint density at radius 2 is 1.63 bits per heavy atom. The maximum absolute atomic E-state index is 12.7. The van der Waals surface area contributed by atoms with Gasteiger partial charge in [0.15, 0.2) is 0 Å². The van der Waals surface area contributed by atoms with Crippen LogP contribution in [0.25, 0.3) is 0 Å². The highest BCUT2D eigenvalue weighted by Gasteiger charge is 2.38. The van der Waals surface area contributed by atoms with Crippen LogP contribution < -0.4 is 5.32 Å². The molecule has 0 saturated heterocycles. The Kier molecular flexibility index (Phi) is 11.3. The third-order valence-electron chi connectivity index (χ3n) is 3.20. The van der Waals surface area contributed by atoms with E-state index >= 15 is 0 Å². The fourth-order valence-electron chi connectivity index (χ4n) is 1.90. The number of hydrogen-bond donors (Lipinski definition) is 2. The predicted octanol–water partition coefficient (Wildman–Crippen LogP) is 2.42. The van der Waals surface area contributed by atoms with Crippen molar-refractivity contribution in [1.29, 1.82) is 0 Å². The molecule has 0 heterocycles. The molecule has 1 atom stereocenters. The van der Waals surface area contributed by atoms with E-state index < -0.39 is 43.4 Å². The predicted molar refractivity (Wildman–Crippen MR) is 100 cm³/mol. The molecule has 2 N–H and O–H groups in total. The van der Waals surface area contributed by atoms with Crippen molar-refractivity contribution in [2.75, 3.05) is 19.8 Å². The van der Waals surface area contributed by atoms with Crippen molar-refractivity contribution in [1.82, 2.24) is 5.32 Å². The number of carbonyl (C=O) groups excluding carboxylic acids is 2. The normalized spacial score (nSPS) is 13.7. The summed E-state index contributed by atoms with van der Waals surface area (Å²) >= 11 is 0. The molecule has 10 heteroatoms. The van der Waals surface area contributed by atoms with E-state index in [9.17, 15) is 19.3 Å². The molecule has 0 bridgehead atoms. The minimum absolute atomic E-state index is 0.00286. The van der Waals surface area contributed by atoms with Gasteiger partial charge in [-0.3, -0.25) is 23.2 Å². The van der Waals surface area contributed by atoms with Crippen LogP contribution >= 0.6 is 7.82 Å². The first-order valence-corrected chi connectivity index (χ1v) is 10.5. The SMILES string of the molecule is CCOC(=O)CCNC(=O)[C@H](O)C(C)(C)COP(=O)(OC(C)C)OC(C)C. The second kappa shape index (κ2) is 11.8. The van der Waals surface area contributed by atoms with Gasteiger partial charge < -0.3 is 15.2 Å². The molecule has 0 saturated carbocycles. The van der Waals surface area contributed by atoms with Gasteiger partial charge in [0, 0.05) is 12.0 Å². The molecule has 0 fully saturated rings. The first-order chi connectivity index (χ1) is 12.3. The molecule has 0 aromatic carbocycles. The molecule has 9 nitrogen and oxygen atoms in total. The number of ether oxygens (including phenoxy) is 1. The van der Waals surface area contributed by atoms with Crippen molar-refractivity contribution in [3.63, 3.8) is 0 Å². The van der Waals surface area contributed by atoms with Crippen LogP contribution in [0.2, 0.25) is 0 Å². The van der Waals surface area contributed by atoms with Crippen molar-refractivity contribution in [2.24, 2.45) is 5.41 Å². The van der Waals surface area contributed by atoms with Gasteiger partial charge in [-0.1, -0.05) is 13.8 Å². The average molecular weight is 411 g/mol. The lowest BCUT2D eigenvalue weighted by atomic mass is 9.87. The molecule has 0 aliphatic carbocycles. The minimum Gasteiger partial charge on any atom is -0.466 e. The summed E-state index contributed by atoms with van der Waals surface area (Å²) in [5.41, 5.74) is -1.08. The van der Waals surface area contributed by atoms with E-state index in [-0.39, 0.29) is 26.2 Å². The lowest BCUT2D eigenvalue weighted by molar-refractivity contribution is -0.143. The molecule has 160 valence electrons. The van der Waals surface area contributed by atoms with Crippen molar-refractivity contribution >= 4 is 19.7 Å². The Morgan fingerprint density at radius 1 is 1.11 bits per heavy atom. The van der Waals surface area contributed by atoms with Crippen LogP contribution in [0.15, 0.2) is 0 Å². The monoisotopic (exact) mass is 411 g/mol. The zero-order valence-electron chi connectivity index (χ0n) is 17.3. The van der Waals surface area contributed by atoms with E-state index in [0.717, 1.165) is 0 Å². The molecule has 0 aliphatic rings. The number of phosphoric acid groups is 1. The quantitative estimate of drug-likeness (QED) is 0.350. The summed E-state index contributed by atoms with van der Waals surface area (Å²) in [6.07, 6.45) is -2.24. The van der Waals surface area contributed by atoms with Crippen LogP contribution in [0.1, 0.15) is 54.9 Å². The molecule has 0 rings (SSSR count). The summed E-state index contributed by atoms with van der Waals surface area (Å²) in [4.78, 5) is 23.4. The van der Waals surface area contributed by atoms with E-state index in [2.05, 4.69) is 5.32 Å². The molecule has 0 aromatic rings. The van der Waals surface area contributed by atoms with Crippen molar-refractivity contribution in [2.45, 2.75) is 73.2 Å². The standard InChI is InChI=1S/C17H34NO8P/c1-8-23-14(19)9-10-18-16(21)15(20)17(6,7)11-24-27(22,25-12(2)3)26-13(4)5/h12-13,15,20H,8-11H2,1-7H3,(H,18,21)/t15-/m0/s1. The van der Waals surface area contributed by atoms with Gasteiger partial charge >= 0.3 is 13.8 Å². The number of esters is 1. The Balaban J connectivity index is 4.74. The molecular weight excluding hydrogens is 377 g/mol. The van der Waals surface area contributed by atoms with Gasteiger partial charge in [0.2, 0.25) is 5.91 Å².